The minimum atomic E-state index is -0.906. The monoisotopic (exact) mass is 300 g/mol. The molecule has 20 heavy (non-hydrogen) atoms. The van der Waals surface area contributed by atoms with Crippen LogP contribution in [-0.4, -0.2) is 8.07 Å². The third kappa shape index (κ3) is 13.2. The number of hydrogen-bond acceptors (Lipinski definition) is 0. The first-order valence-corrected chi connectivity index (χ1v) is 12.2. The molecule has 2 atom stereocenters. The summed E-state index contributed by atoms with van der Waals surface area (Å²) in [5.74, 6) is 2.78. The van der Waals surface area contributed by atoms with E-state index in [0.717, 1.165) is 17.8 Å². The fourth-order valence-electron chi connectivity index (χ4n) is 2.62. The molecule has 0 heterocycles. The van der Waals surface area contributed by atoms with Crippen molar-refractivity contribution in [3.8, 4) is 0 Å². The van der Waals surface area contributed by atoms with Gasteiger partial charge >= 0.3 is 0 Å². The Morgan fingerprint density at radius 3 is 1.70 bits per heavy atom. The summed E-state index contributed by atoms with van der Waals surface area (Å²) in [5, 5.41) is 0. The van der Waals surface area contributed by atoms with Gasteiger partial charge in [-0.1, -0.05) is 106 Å². The van der Waals surface area contributed by atoms with E-state index in [-0.39, 0.29) is 7.43 Å². The smallest absolute Gasteiger partial charge is 0.0473 e. The molecule has 0 nitrogen and oxygen atoms in total. The summed E-state index contributed by atoms with van der Waals surface area (Å²) in [6.07, 6.45) is 8.62. The van der Waals surface area contributed by atoms with Crippen LogP contribution in [0.15, 0.2) is 0 Å². The van der Waals surface area contributed by atoms with Gasteiger partial charge in [-0.15, -0.1) is 0 Å². The second kappa shape index (κ2) is 11.8. The van der Waals surface area contributed by atoms with Crippen molar-refractivity contribution in [2.24, 2.45) is 17.8 Å². The predicted molar refractivity (Wildman–Crippen MR) is 100 cm³/mol. The summed E-state index contributed by atoms with van der Waals surface area (Å²) in [6.45, 7) is 17.1. The fourth-order valence-corrected chi connectivity index (χ4v) is 5.42. The van der Waals surface area contributed by atoms with Crippen LogP contribution in [0, 0.1) is 17.8 Å². The molecule has 124 valence electrons. The van der Waals surface area contributed by atoms with Crippen molar-refractivity contribution in [3.63, 3.8) is 0 Å². The Balaban J connectivity index is 0. The second-order valence-electron chi connectivity index (χ2n) is 8.18. The van der Waals surface area contributed by atoms with E-state index >= 15 is 0 Å². The fraction of sp³-hybridized carbons (Fsp3) is 1.00. The van der Waals surface area contributed by atoms with Crippen LogP contribution in [0.3, 0.4) is 0 Å². The molecule has 1 heteroatoms. The Morgan fingerprint density at radius 2 is 1.25 bits per heavy atom. The van der Waals surface area contributed by atoms with Crippen LogP contribution in [-0.2, 0) is 0 Å². The highest BCUT2D eigenvalue weighted by atomic mass is 28.3. The van der Waals surface area contributed by atoms with Crippen molar-refractivity contribution in [1.29, 1.82) is 0 Å². The summed E-state index contributed by atoms with van der Waals surface area (Å²) in [6, 6.07) is 3.09. The minimum Gasteiger partial charge on any atom is -0.0776 e. The average molecular weight is 301 g/mol. The maximum absolute atomic E-state index is 2.61. The van der Waals surface area contributed by atoms with Gasteiger partial charge in [0.05, 0.1) is 0 Å². The van der Waals surface area contributed by atoms with E-state index in [1.54, 1.807) is 12.1 Å². The molecule has 2 unspecified atom stereocenters. The Hall–Kier alpha value is 0.217. The van der Waals surface area contributed by atoms with E-state index < -0.39 is 8.07 Å². The second-order valence-corrected chi connectivity index (χ2v) is 13.5. The Bertz CT molecular complexity index is 208. The van der Waals surface area contributed by atoms with Crippen LogP contribution in [0.4, 0.5) is 0 Å². The largest absolute Gasteiger partial charge is 0.0776 e. The number of hydrogen-bond donors (Lipinski definition) is 0. The highest BCUT2D eigenvalue weighted by molar-refractivity contribution is 6.77. The molecule has 0 saturated carbocycles. The van der Waals surface area contributed by atoms with Crippen LogP contribution in [0.1, 0.15) is 80.6 Å². The molecule has 0 aromatic heterocycles. The standard InChI is InChI=1S/C18H40Si.CH4/c1-8-17(4)12-14-19(6,7)15-13-18(5)11-9-10-16(2)3;/h16-18H,8-15H2,1-7H3;1H4. The van der Waals surface area contributed by atoms with Crippen molar-refractivity contribution < 1.29 is 0 Å². The lowest BCUT2D eigenvalue weighted by Crippen LogP contribution is -2.26. The zero-order valence-corrected chi connectivity index (χ0v) is 15.9. The summed E-state index contributed by atoms with van der Waals surface area (Å²) >= 11 is 0. The molecule has 0 aromatic rings. The molecule has 0 aliphatic carbocycles. The molecule has 0 spiro atoms. The molecule has 0 aliphatic heterocycles. The van der Waals surface area contributed by atoms with Crippen LogP contribution in [0.5, 0.6) is 0 Å². The third-order valence-electron chi connectivity index (χ3n) is 4.80. The van der Waals surface area contributed by atoms with Crippen LogP contribution < -0.4 is 0 Å². The minimum absolute atomic E-state index is 0. The van der Waals surface area contributed by atoms with E-state index in [1.165, 1.54) is 38.5 Å². The highest BCUT2D eigenvalue weighted by Gasteiger charge is 2.21. The average Bonchev–Trinajstić information content (AvgIpc) is 2.33. The first-order chi connectivity index (χ1) is 8.76. The molecule has 0 aromatic carbocycles. The van der Waals surface area contributed by atoms with Gasteiger partial charge in [0, 0.05) is 8.07 Å². The Labute approximate surface area is 132 Å². The van der Waals surface area contributed by atoms with Crippen LogP contribution in [0.2, 0.25) is 25.2 Å². The Kier molecular flexibility index (Phi) is 13.3. The van der Waals surface area contributed by atoms with Gasteiger partial charge in [-0.25, -0.2) is 0 Å². The lowest BCUT2D eigenvalue weighted by Gasteiger charge is -2.25. The highest BCUT2D eigenvalue weighted by Crippen LogP contribution is 2.27. The van der Waals surface area contributed by atoms with E-state index in [0.29, 0.717) is 0 Å². The van der Waals surface area contributed by atoms with Gasteiger partial charge in [0.2, 0.25) is 0 Å². The molecule has 0 radical (unpaired) electrons. The molecule has 0 rings (SSSR count). The van der Waals surface area contributed by atoms with Gasteiger partial charge in [-0.05, 0) is 17.8 Å². The van der Waals surface area contributed by atoms with Gasteiger partial charge in [-0.2, -0.15) is 0 Å². The van der Waals surface area contributed by atoms with Crippen molar-refractivity contribution in [3.05, 3.63) is 0 Å². The lowest BCUT2D eigenvalue weighted by atomic mass is 9.98. The predicted octanol–water partition coefficient (Wildman–Crippen LogP) is 7.62. The maximum Gasteiger partial charge on any atom is 0.0473 e. The summed E-state index contributed by atoms with van der Waals surface area (Å²) < 4.78 is 0. The molecule has 0 N–H and O–H groups in total. The molecular formula is C19H44Si. The van der Waals surface area contributed by atoms with Gasteiger partial charge in [-0.3, -0.25) is 0 Å². The van der Waals surface area contributed by atoms with E-state index in [2.05, 4.69) is 47.7 Å². The van der Waals surface area contributed by atoms with Gasteiger partial charge in [0.25, 0.3) is 0 Å². The van der Waals surface area contributed by atoms with Gasteiger partial charge < -0.3 is 0 Å². The van der Waals surface area contributed by atoms with E-state index in [4.69, 9.17) is 0 Å². The zero-order chi connectivity index (χ0) is 14.9. The molecule has 0 amide bonds. The summed E-state index contributed by atoms with van der Waals surface area (Å²) in [4.78, 5) is 0. The Morgan fingerprint density at radius 1 is 0.750 bits per heavy atom. The number of rotatable bonds is 11. The molecule has 0 aliphatic rings. The third-order valence-corrected chi connectivity index (χ3v) is 8.09. The first-order valence-electron chi connectivity index (χ1n) is 8.76. The first kappa shape index (κ1) is 22.5. The lowest BCUT2D eigenvalue weighted by molar-refractivity contribution is 0.447. The van der Waals surface area contributed by atoms with Crippen LogP contribution >= 0.6 is 0 Å². The maximum atomic E-state index is 2.61. The molecular weight excluding hydrogens is 256 g/mol. The summed E-state index contributed by atoms with van der Waals surface area (Å²) in [7, 11) is -0.906. The van der Waals surface area contributed by atoms with Gasteiger partial charge in [0.15, 0.2) is 0 Å². The summed E-state index contributed by atoms with van der Waals surface area (Å²) in [5.41, 5.74) is 0. The van der Waals surface area contributed by atoms with Crippen molar-refractivity contribution in [2.45, 2.75) is 106 Å². The van der Waals surface area contributed by atoms with Crippen molar-refractivity contribution in [2.75, 3.05) is 0 Å². The van der Waals surface area contributed by atoms with Gasteiger partial charge in [0.1, 0.15) is 0 Å². The molecule has 0 fully saturated rings. The zero-order valence-electron chi connectivity index (χ0n) is 14.9. The molecule has 0 saturated heterocycles. The van der Waals surface area contributed by atoms with Crippen LogP contribution in [0.25, 0.3) is 0 Å². The molecule has 0 bridgehead atoms. The van der Waals surface area contributed by atoms with E-state index in [9.17, 15) is 0 Å². The quantitative estimate of drug-likeness (QED) is 0.344. The van der Waals surface area contributed by atoms with Crippen molar-refractivity contribution >= 4 is 8.07 Å². The topological polar surface area (TPSA) is 0 Å². The normalized spacial score (nSPS) is 15.0. The van der Waals surface area contributed by atoms with E-state index in [1.807, 2.05) is 0 Å². The van der Waals surface area contributed by atoms with Crippen molar-refractivity contribution in [1.82, 2.24) is 0 Å². The SMILES string of the molecule is C.CCC(C)CC[Si](C)(C)CCC(C)CCCC(C)C.